The predicted molar refractivity (Wildman–Crippen MR) is 144 cm³/mol. The van der Waals surface area contributed by atoms with E-state index in [4.69, 9.17) is 53.8 Å². The molecule has 3 atom stereocenters. The second kappa shape index (κ2) is 13.4. The van der Waals surface area contributed by atoms with Crippen LogP contribution in [0.15, 0.2) is 29.0 Å². The number of rotatable bonds is 10. The van der Waals surface area contributed by atoms with Crippen molar-refractivity contribution >= 4 is 93.6 Å². The van der Waals surface area contributed by atoms with E-state index < -0.39 is 74.4 Å². The number of thiophene rings is 1. The van der Waals surface area contributed by atoms with E-state index in [2.05, 4.69) is 5.32 Å². The largest absolute Gasteiger partial charge is 0.468 e. The number of nitrogens with zero attached hydrogens (tertiary/aromatic N) is 1. The van der Waals surface area contributed by atoms with E-state index in [9.17, 15) is 28.8 Å². The third kappa shape index (κ3) is 7.60. The van der Waals surface area contributed by atoms with E-state index in [1.165, 1.54) is 11.3 Å². The fraction of sp³-hybridized carbons (Fsp3) is 0.478. The van der Waals surface area contributed by atoms with Gasteiger partial charge in [-0.05, 0) is 17.9 Å². The van der Waals surface area contributed by atoms with Crippen LogP contribution in [-0.2, 0) is 54.1 Å². The van der Waals surface area contributed by atoms with E-state index in [1.54, 1.807) is 17.5 Å². The van der Waals surface area contributed by atoms with Crippen LogP contribution in [0.5, 0.6) is 0 Å². The highest BCUT2D eigenvalue weighted by Crippen LogP contribution is 2.47. The first kappa shape index (κ1) is 32.0. The van der Waals surface area contributed by atoms with Gasteiger partial charge in [-0.3, -0.25) is 28.9 Å². The van der Waals surface area contributed by atoms with Gasteiger partial charge in [-0.15, -0.1) is 23.1 Å². The lowest BCUT2D eigenvalue weighted by molar-refractivity contribution is -0.159. The Hall–Kier alpha value is -2.52. The summed E-state index contributed by atoms with van der Waals surface area (Å²) in [5.41, 5.74) is -0.500. The second-order valence-corrected chi connectivity index (χ2v) is 13.2. The summed E-state index contributed by atoms with van der Waals surface area (Å²) < 4.78 is 17.8. The summed E-state index contributed by atoms with van der Waals surface area (Å²) in [5, 5.41) is 2.48. The summed E-state index contributed by atoms with van der Waals surface area (Å²) in [5.74, 6) is -6.92. The quantitative estimate of drug-likeness (QED) is 0.129. The van der Waals surface area contributed by atoms with Crippen LogP contribution >= 0.6 is 57.9 Å². The minimum Gasteiger partial charge on any atom is -0.468 e. The number of halogens is 3. The van der Waals surface area contributed by atoms with E-state index in [0.29, 0.717) is 0 Å². The standard InChI is InChI=1S/C23H23Cl3N2O10S2/c1-10(29)38-17-13(8-12(20(32)35-2)21(33)36-3)40-19-15(27-14(30)7-11-5-4-6-39-11)18(31)28(19)16(17)22(34)37-9-23(24,25)26/h4-6,12-13,15,19H,7-9H2,1-3H3,(H,27,30)/t13?,15?,19-/m1/s1. The number of amides is 2. The van der Waals surface area contributed by atoms with Gasteiger partial charge in [0, 0.05) is 11.8 Å². The molecule has 12 nitrogen and oxygen atoms in total. The van der Waals surface area contributed by atoms with Crippen molar-refractivity contribution in [3.8, 4) is 0 Å². The molecule has 218 valence electrons. The number of carbonyl (C=O) groups excluding carboxylic acids is 6. The van der Waals surface area contributed by atoms with Gasteiger partial charge in [-0.1, -0.05) is 40.9 Å². The summed E-state index contributed by atoms with van der Waals surface area (Å²) >= 11 is 19.4. The number of ether oxygens (including phenoxy) is 4. The fourth-order valence-electron chi connectivity index (χ4n) is 3.90. The molecule has 2 amide bonds. The Morgan fingerprint density at radius 1 is 1.12 bits per heavy atom. The molecule has 0 spiro atoms. The first-order valence-corrected chi connectivity index (χ1v) is 14.3. The molecule has 1 aromatic heterocycles. The van der Waals surface area contributed by atoms with Crippen LogP contribution in [0.4, 0.5) is 0 Å². The first-order chi connectivity index (χ1) is 18.8. The minimum absolute atomic E-state index is 0.0156. The molecule has 0 saturated carbocycles. The number of fused-ring (bicyclic) bond motifs is 1. The molecule has 40 heavy (non-hydrogen) atoms. The topological polar surface area (TPSA) is 155 Å². The third-order valence-corrected chi connectivity index (χ3v) is 8.28. The summed E-state index contributed by atoms with van der Waals surface area (Å²) in [6.07, 6.45) is -0.343. The summed E-state index contributed by atoms with van der Waals surface area (Å²) in [6.45, 7) is 0.334. The van der Waals surface area contributed by atoms with Crippen LogP contribution in [0.3, 0.4) is 0 Å². The molecule has 1 N–H and O–H groups in total. The van der Waals surface area contributed by atoms with Gasteiger partial charge in [-0.25, -0.2) is 4.79 Å². The zero-order valence-corrected chi connectivity index (χ0v) is 25.0. The first-order valence-electron chi connectivity index (χ1n) is 11.4. The lowest BCUT2D eigenvalue weighted by atomic mass is 9.98. The van der Waals surface area contributed by atoms with Crippen molar-refractivity contribution in [2.75, 3.05) is 20.8 Å². The molecule has 0 bridgehead atoms. The number of carbonyl (C=O) groups is 6. The Kier molecular flexibility index (Phi) is 10.7. The molecule has 2 aliphatic heterocycles. The Morgan fingerprint density at radius 3 is 2.30 bits per heavy atom. The van der Waals surface area contributed by atoms with Crippen LogP contribution < -0.4 is 5.32 Å². The van der Waals surface area contributed by atoms with Crippen molar-refractivity contribution in [3.05, 3.63) is 33.8 Å². The van der Waals surface area contributed by atoms with Gasteiger partial charge >= 0.3 is 23.9 Å². The molecule has 17 heteroatoms. The number of esters is 4. The van der Waals surface area contributed by atoms with Crippen LogP contribution in [0.1, 0.15) is 18.2 Å². The van der Waals surface area contributed by atoms with Crippen LogP contribution in [-0.4, -0.2) is 81.9 Å². The maximum absolute atomic E-state index is 13.2. The number of hydrogen-bond donors (Lipinski definition) is 1. The van der Waals surface area contributed by atoms with E-state index in [0.717, 1.165) is 42.7 Å². The van der Waals surface area contributed by atoms with Crippen molar-refractivity contribution in [1.82, 2.24) is 10.2 Å². The Labute approximate surface area is 251 Å². The maximum atomic E-state index is 13.2. The number of β-lactam (4-membered cyclic amide) rings is 1. The smallest absolute Gasteiger partial charge is 0.358 e. The average molecular weight is 658 g/mol. The highest BCUT2D eigenvalue weighted by Gasteiger charge is 2.58. The molecule has 1 aromatic rings. The summed E-state index contributed by atoms with van der Waals surface area (Å²) in [4.78, 5) is 77.7. The SMILES string of the molecule is COC(=O)C(CC1S[C@@H]2C(NC(=O)Cc3cccs3)C(=O)N2C(C(=O)OCC(Cl)(Cl)Cl)=C1OC(C)=O)C(=O)OC. The highest BCUT2D eigenvalue weighted by molar-refractivity contribution is 8.00. The van der Waals surface area contributed by atoms with Gasteiger partial charge in [0.1, 0.15) is 18.0 Å². The maximum Gasteiger partial charge on any atom is 0.358 e. The zero-order valence-electron chi connectivity index (χ0n) is 21.1. The van der Waals surface area contributed by atoms with Crippen molar-refractivity contribution in [1.29, 1.82) is 0 Å². The average Bonchev–Trinajstić information content (AvgIpc) is 3.40. The van der Waals surface area contributed by atoms with Crippen molar-refractivity contribution in [3.63, 3.8) is 0 Å². The van der Waals surface area contributed by atoms with Crippen molar-refractivity contribution in [2.45, 2.75) is 40.2 Å². The number of thioether (sulfide) groups is 1. The van der Waals surface area contributed by atoms with Gasteiger partial charge in [0.05, 0.1) is 25.9 Å². The molecule has 0 aliphatic carbocycles. The summed E-state index contributed by atoms with van der Waals surface area (Å²) in [7, 11) is 2.14. The number of methoxy groups -OCH3 is 2. The van der Waals surface area contributed by atoms with Crippen LogP contribution in [0, 0.1) is 5.92 Å². The lowest BCUT2D eigenvalue weighted by Gasteiger charge is -2.51. The van der Waals surface area contributed by atoms with Crippen LogP contribution in [0.25, 0.3) is 0 Å². The number of hydrogen-bond acceptors (Lipinski definition) is 12. The van der Waals surface area contributed by atoms with Gasteiger partial charge in [-0.2, -0.15) is 0 Å². The van der Waals surface area contributed by atoms with E-state index in [1.807, 2.05) is 0 Å². The molecule has 1 saturated heterocycles. The lowest BCUT2D eigenvalue weighted by Crippen LogP contribution is -2.71. The van der Waals surface area contributed by atoms with E-state index in [-0.39, 0.29) is 18.6 Å². The molecule has 0 aromatic carbocycles. The molecule has 2 aliphatic rings. The second-order valence-electron chi connectivity index (χ2n) is 8.36. The zero-order chi connectivity index (χ0) is 29.8. The summed E-state index contributed by atoms with van der Waals surface area (Å²) in [6, 6.07) is 2.45. The van der Waals surface area contributed by atoms with Crippen LogP contribution in [0.2, 0.25) is 0 Å². The number of alkyl halides is 3. The highest BCUT2D eigenvalue weighted by atomic mass is 35.6. The van der Waals surface area contributed by atoms with Crippen molar-refractivity contribution in [2.24, 2.45) is 5.92 Å². The Morgan fingerprint density at radius 2 is 1.77 bits per heavy atom. The third-order valence-electron chi connectivity index (χ3n) is 5.58. The molecule has 0 radical (unpaired) electrons. The van der Waals surface area contributed by atoms with Gasteiger partial charge in [0.2, 0.25) is 9.70 Å². The van der Waals surface area contributed by atoms with Gasteiger partial charge in [0.15, 0.2) is 17.4 Å². The molecule has 1 fully saturated rings. The minimum atomic E-state index is -2.00. The monoisotopic (exact) mass is 656 g/mol. The molecular formula is C23H23Cl3N2O10S2. The molecule has 3 heterocycles. The Bertz CT molecular complexity index is 1200. The van der Waals surface area contributed by atoms with Crippen molar-refractivity contribution < 1.29 is 47.7 Å². The molecule has 2 unspecified atom stereocenters. The normalized spacial score (nSPS) is 20.3. The Balaban J connectivity index is 2.00. The predicted octanol–water partition coefficient (Wildman–Crippen LogP) is 2.10. The fourth-order valence-corrected chi connectivity index (χ4v) is 6.37. The van der Waals surface area contributed by atoms with Gasteiger partial charge < -0.3 is 24.3 Å². The molecule has 3 rings (SSSR count). The van der Waals surface area contributed by atoms with Gasteiger partial charge in [0.25, 0.3) is 5.91 Å². The molecular weight excluding hydrogens is 635 g/mol. The number of nitrogens with one attached hydrogen (secondary N) is 1. The van der Waals surface area contributed by atoms with E-state index >= 15 is 0 Å².